The van der Waals surface area contributed by atoms with Gasteiger partial charge in [0.1, 0.15) is 0 Å². The summed E-state index contributed by atoms with van der Waals surface area (Å²) in [5.74, 6) is 0. The van der Waals surface area contributed by atoms with Crippen LogP contribution < -0.4 is 51.1 Å². The summed E-state index contributed by atoms with van der Waals surface area (Å²) in [5.41, 5.74) is 0. The van der Waals surface area contributed by atoms with Crippen molar-refractivity contribution in [1.29, 1.82) is 0 Å². The smallest absolute Gasteiger partial charge is 0.852 e. The average Bonchev–Trinajstić information content (AvgIpc) is 2.47. The molecule has 10 nitrogen and oxygen atoms in total. The molecule has 0 saturated carbocycles. The molecule has 0 bridgehead atoms. The van der Waals surface area contributed by atoms with E-state index in [2.05, 4.69) is 0 Å². The first-order valence-corrected chi connectivity index (χ1v) is 13.9. The van der Waals surface area contributed by atoms with Crippen LogP contribution in [0.15, 0.2) is 0 Å². The second kappa shape index (κ2) is 73.5. The fourth-order valence-electron chi connectivity index (χ4n) is 0. The molecule has 0 heterocycles. The first kappa shape index (κ1) is 79.0. The molecule has 0 unspecified atom stereocenters. The van der Waals surface area contributed by atoms with Crippen molar-refractivity contribution in [2.24, 2.45) is 0 Å². The van der Waals surface area contributed by atoms with Gasteiger partial charge in [0, 0.05) is 0 Å². The molecule has 0 aromatic carbocycles. The van der Waals surface area contributed by atoms with Gasteiger partial charge in [-0.1, -0.05) is 138 Å². The predicted molar refractivity (Wildman–Crippen MR) is 151 cm³/mol. The van der Waals surface area contributed by atoms with Crippen molar-refractivity contribution in [3.05, 3.63) is 0 Å². The topological polar surface area (TPSA) is 231 Å². The van der Waals surface area contributed by atoms with Crippen LogP contribution in [-0.2, 0) is 44.8 Å². The quantitative estimate of drug-likeness (QED) is 0.236. The minimum atomic E-state index is -0.417. The summed E-state index contributed by atoms with van der Waals surface area (Å²) in [6, 6.07) is 0. The Kier molecular flexibility index (Phi) is 138. The molecule has 0 saturated heterocycles. The molecule has 0 N–H and O–H groups in total. The van der Waals surface area contributed by atoms with Gasteiger partial charge in [0.2, 0.25) is 0 Å². The van der Waals surface area contributed by atoms with Gasteiger partial charge < -0.3 is 51.1 Å². The molecule has 260 valence electrons. The fourth-order valence-corrected chi connectivity index (χ4v) is 0. The zero-order valence-corrected chi connectivity index (χ0v) is 35.1. The van der Waals surface area contributed by atoms with Gasteiger partial charge in [0.05, 0.1) is 0 Å². The maximum atomic E-state index is 9.53. The van der Waals surface area contributed by atoms with Crippen molar-refractivity contribution in [3.8, 4) is 0 Å². The zero-order chi connectivity index (χ0) is 35.8. The van der Waals surface area contributed by atoms with Crippen LogP contribution >= 0.6 is 0 Å². The van der Waals surface area contributed by atoms with Gasteiger partial charge in [-0.2, -0.15) is 0 Å². The molecule has 42 heavy (non-hydrogen) atoms. The molecule has 0 fully saturated rings. The van der Waals surface area contributed by atoms with E-state index in [9.17, 15) is 51.1 Å². The van der Waals surface area contributed by atoms with Gasteiger partial charge in [-0.05, 0) is 0 Å². The first-order valence-electron chi connectivity index (χ1n) is 13.9. The van der Waals surface area contributed by atoms with Gasteiger partial charge in [-0.3, -0.25) is 0 Å². The van der Waals surface area contributed by atoms with Crippen LogP contribution in [0.5, 0.6) is 0 Å². The molecule has 0 spiro atoms. The monoisotopic (exact) mass is 776 g/mol. The minimum absolute atomic E-state index is 0. The van der Waals surface area contributed by atoms with Crippen LogP contribution in [-0.4, -0.2) is 61.0 Å². The standard InChI is InChI=1S/10C3H7O.2Nb/c10*1-3(2)4;;/h10*3H,1-2H3;;/q10*-1;2*+5. The van der Waals surface area contributed by atoms with E-state index in [1.54, 1.807) is 138 Å². The van der Waals surface area contributed by atoms with Gasteiger partial charge in [0.15, 0.2) is 0 Å². The van der Waals surface area contributed by atoms with Gasteiger partial charge >= 0.3 is 44.8 Å². The summed E-state index contributed by atoms with van der Waals surface area (Å²) in [7, 11) is 0. The van der Waals surface area contributed by atoms with Crippen molar-refractivity contribution in [2.75, 3.05) is 0 Å². The predicted octanol–water partition coefficient (Wildman–Crippen LogP) is -2.45. The van der Waals surface area contributed by atoms with E-state index >= 15 is 0 Å². The third kappa shape index (κ3) is 56500. The van der Waals surface area contributed by atoms with Crippen LogP contribution in [0.25, 0.3) is 0 Å². The Labute approximate surface area is 294 Å². The molecule has 0 rings (SSSR count). The van der Waals surface area contributed by atoms with Gasteiger partial charge in [0.25, 0.3) is 0 Å². The molecule has 0 aromatic rings. The molecule has 0 radical (unpaired) electrons. The second-order valence-electron chi connectivity index (χ2n) is 10.5. The van der Waals surface area contributed by atoms with E-state index in [4.69, 9.17) is 0 Å². The van der Waals surface area contributed by atoms with Crippen LogP contribution in [0, 0.1) is 0 Å². The first-order chi connectivity index (χ1) is 17.3. The molecule has 0 amide bonds. The summed E-state index contributed by atoms with van der Waals surface area (Å²) in [5, 5.41) is 95.3. The third-order valence-electron chi connectivity index (χ3n) is 0. The number of hydrogen-bond acceptors (Lipinski definition) is 10. The van der Waals surface area contributed by atoms with Crippen molar-refractivity contribution in [3.63, 3.8) is 0 Å². The third-order valence-corrected chi connectivity index (χ3v) is 0. The SMILES string of the molecule is CC(C)[O-].CC(C)[O-].CC(C)[O-].CC(C)[O-].CC(C)[O-].CC(C)[O-].CC(C)[O-].CC(C)[O-].CC(C)[O-].CC(C)[O-].[Nb+5].[Nb+5]. The van der Waals surface area contributed by atoms with Crippen LogP contribution in [0.4, 0.5) is 0 Å². The molecule has 0 aliphatic carbocycles. The van der Waals surface area contributed by atoms with Gasteiger partial charge in [-0.15, -0.1) is 61.0 Å². The average molecular weight is 777 g/mol. The molecule has 0 aliphatic rings. The van der Waals surface area contributed by atoms with E-state index in [0.29, 0.717) is 0 Å². The second-order valence-corrected chi connectivity index (χ2v) is 10.5. The number of hydrogen-bond donors (Lipinski definition) is 0. The molecule has 0 aliphatic heterocycles. The summed E-state index contributed by atoms with van der Waals surface area (Å²) < 4.78 is 0. The van der Waals surface area contributed by atoms with Crippen molar-refractivity contribution in [2.45, 2.75) is 200 Å². The Bertz CT molecular complexity index is 191. The van der Waals surface area contributed by atoms with E-state index < -0.39 is 61.0 Å². The maximum Gasteiger partial charge on any atom is 5.00 e. The summed E-state index contributed by atoms with van der Waals surface area (Å²) in [6.07, 6.45) is -4.17. The Hall–Kier alpha value is 1.08. The summed E-state index contributed by atoms with van der Waals surface area (Å²) in [4.78, 5) is 0. The summed E-state index contributed by atoms with van der Waals surface area (Å²) >= 11 is 0. The van der Waals surface area contributed by atoms with Crippen molar-refractivity contribution >= 4 is 0 Å². The van der Waals surface area contributed by atoms with E-state index in [1.165, 1.54) is 0 Å². The number of rotatable bonds is 0. The van der Waals surface area contributed by atoms with Crippen LogP contribution in [0.3, 0.4) is 0 Å². The molecular weight excluding hydrogens is 706 g/mol. The van der Waals surface area contributed by atoms with E-state index in [-0.39, 0.29) is 44.8 Å². The van der Waals surface area contributed by atoms with Crippen LogP contribution in [0.2, 0.25) is 0 Å². The molecule has 12 heteroatoms. The minimum Gasteiger partial charge on any atom is -0.852 e. The Morgan fingerprint density at radius 2 is 0.167 bits per heavy atom. The largest absolute Gasteiger partial charge is 5.00 e. The van der Waals surface area contributed by atoms with E-state index in [0.717, 1.165) is 0 Å². The van der Waals surface area contributed by atoms with Gasteiger partial charge in [-0.25, -0.2) is 0 Å². The zero-order valence-electron chi connectivity index (χ0n) is 30.8. The summed E-state index contributed by atoms with van der Waals surface area (Å²) in [6.45, 7) is 32.2. The normalized spacial score (nSPS) is 8.57. The Morgan fingerprint density at radius 3 is 0.167 bits per heavy atom. The maximum absolute atomic E-state index is 9.53. The fraction of sp³-hybridized carbons (Fsp3) is 1.00. The molecular formula is C30H70Nb2O10. The Balaban J connectivity index is -0.0000000237. The Morgan fingerprint density at radius 1 is 0.167 bits per heavy atom. The molecule has 0 atom stereocenters. The van der Waals surface area contributed by atoms with Crippen LogP contribution in [0.1, 0.15) is 138 Å². The van der Waals surface area contributed by atoms with Crippen molar-refractivity contribution < 1.29 is 95.8 Å². The molecule has 0 aromatic heterocycles. The van der Waals surface area contributed by atoms with Crippen molar-refractivity contribution in [1.82, 2.24) is 0 Å². The van der Waals surface area contributed by atoms with E-state index in [1.807, 2.05) is 0 Å².